The zero-order valence-electron chi connectivity index (χ0n) is 9.39. The molecule has 0 unspecified atom stereocenters. The molecule has 0 saturated heterocycles. The van der Waals surface area contributed by atoms with Gasteiger partial charge in [-0.05, 0) is 29.7 Å². The maximum Gasteiger partial charge on any atom is 0.251 e. The van der Waals surface area contributed by atoms with Crippen molar-refractivity contribution >= 4 is 33.4 Å². The van der Waals surface area contributed by atoms with Gasteiger partial charge < -0.3 is 5.32 Å². The first kappa shape index (κ1) is 13.5. The summed E-state index contributed by atoms with van der Waals surface area (Å²) in [6.07, 6.45) is 0. The van der Waals surface area contributed by atoms with E-state index in [0.29, 0.717) is 17.1 Å². The van der Waals surface area contributed by atoms with Crippen molar-refractivity contribution in [2.45, 2.75) is 13.8 Å². The van der Waals surface area contributed by atoms with Crippen LogP contribution in [0.25, 0.3) is 0 Å². The molecule has 0 radical (unpaired) electrons. The Labute approximate surface area is 110 Å². The second-order valence-corrected chi connectivity index (χ2v) is 5.48. The molecule has 0 saturated carbocycles. The average molecular weight is 305 g/mol. The van der Waals surface area contributed by atoms with Gasteiger partial charge in [0.15, 0.2) is 0 Å². The third kappa shape index (κ3) is 4.14. The molecule has 0 spiro atoms. The first-order chi connectivity index (χ1) is 7.44. The van der Waals surface area contributed by atoms with Crippen LogP contribution in [0.2, 0.25) is 5.02 Å². The van der Waals surface area contributed by atoms with E-state index in [1.54, 1.807) is 24.3 Å². The fourth-order valence-corrected chi connectivity index (χ4v) is 1.39. The SMILES string of the molecule is CC(C)(CBr)CNC(=O)c1ccc(Cl)cc1. The van der Waals surface area contributed by atoms with Gasteiger partial charge in [-0.25, -0.2) is 0 Å². The minimum Gasteiger partial charge on any atom is -0.351 e. The van der Waals surface area contributed by atoms with Crippen LogP contribution in [0.3, 0.4) is 0 Å². The molecule has 1 N–H and O–H groups in total. The Morgan fingerprint density at radius 3 is 2.44 bits per heavy atom. The largest absolute Gasteiger partial charge is 0.351 e. The smallest absolute Gasteiger partial charge is 0.251 e. The van der Waals surface area contributed by atoms with E-state index in [4.69, 9.17) is 11.6 Å². The number of alkyl halides is 1. The molecule has 1 aromatic rings. The third-order valence-corrected chi connectivity index (χ3v) is 3.97. The quantitative estimate of drug-likeness (QED) is 0.848. The summed E-state index contributed by atoms with van der Waals surface area (Å²) >= 11 is 9.17. The number of carbonyl (C=O) groups excluding carboxylic acids is 1. The first-order valence-corrected chi connectivity index (χ1v) is 6.54. The molecule has 0 atom stereocenters. The van der Waals surface area contributed by atoms with Gasteiger partial charge in [0.05, 0.1) is 0 Å². The number of carbonyl (C=O) groups is 1. The van der Waals surface area contributed by atoms with Crippen LogP contribution >= 0.6 is 27.5 Å². The highest BCUT2D eigenvalue weighted by Crippen LogP contribution is 2.16. The van der Waals surface area contributed by atoms with Crippen molar-refractivity contribution in [1.82, 2.24) is 5.32 Å². The maximum absolute atomic E-state index is 11.7. The van der Waals surface area contributed by atoms with E-state index in [1.807, 2.05) is 0 Å². The van der Waals surface area contributed by atoms with Gasteiger partial charge in [-0.3, -0.25) is 4.79 Å². The number of hydrogen-bond donors (Lipinski definition) is 1. The molecule has 1 rings (SSSR count). The van der Waals surface area contributed by atoms with Crippen LogP contribution < -0.4 is 5.32 Å². The fraction of sp³-hybridized carbons (Fsp3) is 0.417. The number of nitrogens with one attached hydrogen (secondary N) is 1. The van der Waals surface area contributed by atoms with Crippen LogP contribution in [-0.4, -0.2) is 17.8 Å². The summed E-state index contributed by atoms with van der Waals surface area (Å²) < 4.78 is 0. The van der Waals surface area contributed by atoms with Crippen LogP contribution in [0.1, 0.15) is 24.2 Å². The van der Waals surface area contributed by atoms with Crippen LogP contribution in [0, 0.1) is 5.41 Å². The van der Waals surface area contributed by atoms with Gasteiger partial charge in [0.1, 0.15) is 0 Å². The van der Waals surface area contributed by atoms with Gasteiger partial charge in [-0.1, -0.05) is 41.4 Å². The molecule has 0 heterocycles. The summed E-state index contributed by atoms with van der Waals surface area (Å²) in [6.45, 7) is 4.81. The summed E-state index contributed by atoms with van der Waals surface area (Å²) in [4.78, 5) is 11.7. The standard InChI is InChI=1S/C12H15BrClNO/c1-12(2,7-13)8-15-11(16)9-3-5-10(14)6-4-9/h3-6H,7-8H2,1-2H3,(H,15,16). The van der Waals surface area contributed by atoms with Crippen LogP contribution in [0.15, 0.2) is 24.3 Å². The van der Waals surface area contributed by atoms with Crippen molar-refractivity contribution in [3.8, 4) is 0 Å². The van der Waals surface area contributed by atoms with Gasteiger partial charge in [-0.2, -0.15) is 0 Å². The highest BCUT2D eigenvalue weighted by atomic mass is 79.9. The predicted molar refractivity (Wildman–Crippen MR) is 71.4 cm³/mol. The molecule has 1 aromatic carbocycles. The zero-order valence-corrected chi connectivity index (χ0v) is 11.7. The van der Waals surface area contributed by atoms with Gasteiger partial charge in [0.25, 0.3) is 5.91 Å². The minimum atomic E-state index is -0.0642. The Morgan fingerprint density at radius 2 is 1.94 bits per heavy atom. The average Bonchev–Trinajstić information content (AvgIpc) is 2.27. The van der Waals surface area contributed by atoms with Gasteiger partial charge in [-0.15, -0.1) is 0 Å². The topological polar surface area (TPSA) is 29.1 Å². The third-order valence-electron chi connectivity index (χ3n) is 2.20. The second kappa shape index (κ2) is 5.69. The Hall–Kier alpha value is -0.540. The van der Waals surface area contributed by atoms with E-state index in [1.165, 1.54) is 0 Å². The van der Waals surface area contributed by atoms with E-state index < -0.39 is 0 Å². The van der Waals surface area contributed by atoms with E-state index in [9.17, 15) is 4.79 Å². The van der Waals surface area contributed by atoms with Gasteiger partial charge in [0, 0.05) is 22.5 Å². The number of amides is 1. The van der Waals surface area contributed by atoms with Crippen molar-refractivity contribution in [2.24, 2.45) is 5.41 Å². The summed E-state index contributed by atoms with van der Waals surface area (Å²) in [5.41, 5.74) is 0.692. The maximum atomic E-state index is 11.7. The van der Waals surface area contributed by atoms with Crippen molar-refractivity contribution in [3.05, 3.63) is 34.9 Å². The number of halogens is 2. The molecule has 0 aliphatic heterocycles. The summed E-state index contributed by atoms with van der Waals surface area (Å²) in [5, 5.41) is 4.38. The molecule has 0 aliphatic rings. The molecule has 0 aromatic heterocycles. The predicted octanol–water partition coefficient (Wildman–Crippen LogP) is 3.49. The lowest BCUT2D eigenvalue weighted by atomic mass is 9.97. The van der Waals surface area contributed by atoms with Crippen molar-refractivity contribution in [1.29, 1.82) is 0 Å². The van der Waals surface area contributed by atoms with E-state index in [0.717, 1.165) is 5.33 Å². The summed E-state index contributed by atoms with van der Waals surface area (Å²) in [7, 11) is 0. The first-order valence-electron chi connectivity index (χ1n) is 5.04. The molecule has 0 fully saturated rings. The Bertz CT molecular complexity index is 362. The molecule has 4 heteroatoms. The Balaban J connectivity index is 2.56. The van der Waals surface area contributed by atoms with Crippen molar-refractivity contribution < 1.29 is 4.79 Å². The fourth-order valence-electron chi connectivity index (χ4n) is 1.07. The number of hydrogen-bond acceptors (Lipinski definition) is 1. The van der Waals surface area contributed by atoms with E-state index in [-0.39, 0.29) is 11.3 Å². The van der Waals surface area contributed by atoms with Crippen LogP contribution in [0.5, 0.6) is 0 Å². The Morgan fingerprint density at radius 1 is 1.38 bits per heavy atom. The van der Waals surface area contributed by atoms with Crippen molar-refractivity contribution in [2.75, 3.05) is 11.9 Å². The van der Waals surface area contributed by atoms with Crippen LogP contribution in [-0.2, 0) is 0 Å². The van der Waals surface area contributed by atoms with E-state index in [2.05, 4.69) is 35.1 Å². The molecule has 0 bridgehead atoms. The molecule has 16 heavy (non-hydrogen) atoms. The summed E-state index contributed by atoms with van der Waals surface area (Å²) in [6, 6.07) is 6.87. The lowest BCUT2D eigenvalue weighted by Gasteiger charge is -2.21. The second-order valence-electron chi connectivity index (χ2n) is 4.49. The number of benzene rings is 1. The normalized spacial score (nSPS) is 11.2. The monoisotopic (exact) mass is 303 g/mol. The molecule has 2 nitrogen and oxygen atoms in total. The molecular weight excluding hydrogens is 289 g/mol. The van der Waals surface area contributed by atoms with Crippen molar-refractivity contribution in [3.63, 3.8) is 0 Å². The van der Waals surface area contributed by atoms with Gasteiger partial charge in [0.2, 0.25) is 0 Å². The van der Waals surface area contributed by atoms with Gasteiger partial charge >= 0.3 is 0 Å². The van der Waals surface area contributed by atoms with E-state index >= 15 is 0 Å². The molecular formula is C12H15BrClNO. The highest BCUT2D eigenvalue weighted by Gasteiger charge is 2.17. The lowest BCUT2D eigenvalue weighted by Crippen LogP contribution is -2.34. The molecule has 0 aliphatic carbocycles. The minimum absolute atomic E-state index is 0.0576. The number of rotatable bonds is 4. The lowest BCUT2D eigenvalue weighted by molar-refractivity contribution is 0.0940. The molecule has 88 valence electrons. The van der Waals surface area contributed by atoms with Crippen LogP contribution in [0.4, 0.5) is 0 Å². The molecule has 1 amide bonds. The highest BCUT2D eigenvalue weighted by molar-refractivity contribution is 9.09. The summed E-state index contributed by atoms with van der Waals surface area (Å²) in [5.74, 6) is -0.0642. The Kier molecular flexibility index (Phi) is 4.81. The zero-order chi connectivity index (χ0) is 12.2.